The summed E-state index contributed by atoms with van der Waals surface area (Å²) in [5.74, 6) is -8.76. The van der Waals surface area contributed by atoms with E-state index in [2.05, 4.69) is 45.9 Å². The first-order valence-electron chi connectivity index (χ1n) is 31.4. The van der Waals surface area contributed by atoms with E-state index in [1.54, 1.807) is 41.5 Å². The molecular formula is C69H71ClN12O15S2. The number of halogens is 1. The number of para-hydroxylation sites is 1. The molecule has 99 heavy (non-hydrogen) atoms. The van der Waals surface area contributed by atoms with Crippen molar-refractivity contribution in [2.45, 2.75) is 82.7 Å². The van der Waals surface area contributed by atoms with Gasteiger partial charge in [-0.3, -0.25) is 52.9 Å². The van der Waals surface area contributed by atoms with E-state index in [1.165, 1.54) is 27.8 Å². The van der Waals surface area contributed by atoms with Crippen LogP contribution in [0, 0.1) is 11.8 Å². The van der Waals surface area contributed by atoms with Crippen LogP contribution >= 0.6 is 33.2 Å². The van der Waals surface area contributed by atoms with Crippen LogP contribution in [0.3, 0.4) is 0 Å². The van der Waals surface area contributed by atoms with E-state index in [0.717, 1.165) is 55.7 Å². The van der Waals surface area contributed by atoms with Gasteiger partial charge in [0.2, 0.25) is 17.8 Å². The van der Waals surface area contributed by atoms with Gasteiger partial charge in [0.15, 0.2) is 28.5 Å². The molecule has 13 N–H and O–H groups in total. The highest BCUT2D eigenvalue weighted by atomic mass is 35.5. The summed E-state index contributed by atoms with van der Waals surface area (Å²) in [7, 11) is 2.50. The fourth-order valence-electron chi connectivity index (χ4n) is 11.3. The van der Waals surface area contributed by atoms with Crippen molar-refractivity contribution in [1.29, 1.82) is 0 Å². The first kappa shape index (κ1) is 72.8. The quantitative estimate of drug-likeness (QED) is 0.0112. The number of aromatic nitrogens is 6. The van der Waals surface area contributed by atoms with Crippen molar-refractivity contribution in [3.8, 4) is 5.75 Å². The van der Waals surface area contributed by atoms with Crippen molar-refractivity contribution in [2.75, 3.05) is 48.2 Å². The van der Waals surface area contributed by atoms with Crippen LogP contribution in [-0.2, 0) is 48.0 Å². The number of carbonyl (C=O) groups is 10. The predicted octanol–water partition coefficient (Wildman–Crippen LogP) is 7.92. The van der Waals surface area contributed by atoms with Gasteiger partial charge in [-0.15, -0.1) is 11.6 Å². The summed E-state index contributed by atoms with van der Waals surface area (Å²) in [6.07, 6.45) is 2.36. The Kier molecular flexibility index (Phi) is 24.7. The molecular weight excluding hydrogens is 1340 g/mol. The lowest BCUT2D eigenvalue weighted by molar-refractivity contribution is -0.144. The number of ketones is 3. The molecule has 1 aliphatic rings. The molecule has 0 saturated carbocycles. The maximum Gasteiger partial charge on any atom is 0.412 e. The molecule has 0 saturated heterocycles. The number of rotatable bonds is 31. The van der Waals surface area contributed by atoms with Crippen LogP contribution < -0.4 is 42.6 Å². The monoisotopic (exact) mass is 1410 g/mol. The molecule has 27 nitrogen and oxygen atoms in total. The zero-order valence-corrected chi connectivity index (χ0v) is 56.0. The summed E-state index contributed by atoms with van der Waals surface area (Å²) < 4.78 is 5.74. The van der Waals surface area contributed by atoms with Crippen molar-refractivity contribution in [3.63, 3.8) is 0 Å². The number of nitrogens with one attached hydrogen (secondary N) is 6. The molecule has 0 spiro atoms. The fraction of sp³-hybridized carbons (Fsp3) is 0.304. The number of hydrogen-bond acceptors (Lipinski definition) is 19. The number of fused-ring (bicyclic) bond motifs is 6. The van der Waals surface area contributed by atoms with E-state index in [0.29, 0.717) is 60.3 Å². The molecule has 9 aromatic rings. The average Bonchev–Trinajstić information content (AvgIpc) is 1.62. The van der Waals surface area contributed by atoms with E-state index in [-0.39, 0.29) is 71.7 Å². The third kappa shape index (κ3) is 18.8. The number of carbonyl (C=O) groups excluding carboxylic acids is 7. The Balaban J connectivity index is 0.000000234. The van der Waals surface area contributed by atoms with Gasteiger partial charge in [0.25, 0.3) is 11.5 Å². The molecule has 0 aliphatic carbocycles. The minimum absolute atomic E-state index is 0.00759. The number of aliphatic carboxylic acids is 3. The van der Waals surface area contributed by atoms with E-state index in [4.69, 9.17) is 27.8 Å². The smallest absolute Gasteiger partial charge is 0.412 e. The van der Waals surface area contributed by atoms with Gasteiger partial charge in [0.05, 0.1) is 47.6 Å². The Morgan fingerprint density at radius 2 is 1.46 bits per heavy atom. The largest absolute Gasteiger partial charge is 0.481 e. The van der Waals surface area contributed by atoms with Crippen molar-refractivity contribution in [3.05, 3.63) is 165 Å². The summed E-state index contributed by atoms with van der Waals surface area (Å²) >= 11 is 6.45. The number of ether oxygens (including phenoxy) is 1. The van der Waals surface area contributed by atoms with E-state index < -0.39 is 96.2 Å². The third-order valence-corrected chi connectivity index (χ3v) is 18.7. The molecule has 5 atom stereocenters. The van der Waals surface area contributed by atoms with Crippen molar-refractivity contribution < 1.29 is 68.0 Å². The second-order valence-electron chi connectivity index (χ2n) is 23.5. The molecule has 0 fully saturated rings. The second-order valence-corrected chi connectivity index (χ2v) is 26.4. The van der Waals surface area contributed by atoms with Crippen LogP contribution in [0.4, 0.5) is 16.4 Å². The SMILES string of the molecule is CCCNC(=O)Oc1cc2c(c3ccccc13)C(CCl)CN2C(=O)c1cc2cc(CC(=O)c3cc4ccccc4[nH]3)ccc2[nH]1.CSSCC(CC(=O)C(CC(=O)O)NC(=O)C(N)CNC(=O)CCC(CC(=O)c1ccc(CCc2cnc3nc(N)[nH]c(=O)c3n2)cc1)C(=O)O)C(=O)O. The molecule has 0 bridgehead atoms. The Morgan fingerprint density at radius 3 is 2.17 bits per heavy atom. The zero-order valence-electron chi connectivity index (χ0n) is 53.6. The van der Waals surface area contributed by atoms with Crippen LogP contribution in [0.2, 0.25) is 0 Å². The van der Waals surface area contributed by atoms with Crippen molar-refractivity contribution in [1.82, 2.24) is 45.9 Å². The van der Waals surface area contributed by atoms with Gasteiger partial charge < -0.3 is 62.3 Å². The maximum atomic E-state index is 14.1. The summed E-state index contributed by atoms with van der Waals surface area (Å²) in [5.41, 5.74) is 17.9. The molecule has 10 rings (SSSR count). The lowest BCUT2D eigenvalue weighted by Gasteiger charge is -2.20. The standard InChI is InChI=1S/C36H31ClN4O4.C33H40N8O11S2/c1-2-13-38-36(44)45-33-18-31-34(26-9-5-4-8-25(26)33)24(19-37)20-41(31)35(43)30-17-23-14-21(11-12-28(23)40-30)15-32(42)29-16-22-7-3-6-10-27(22)39-29;1-53-54-15-19(32(51)52)11-24(43)22(12-26(45)46)39-29(47)21(34)14-36-25(44)9-7-18(31(49)50)10-23(42)17-5-2-16(3-6-17)4-8-20-13-37-28-27(38-20)30(48)41-33(35)40-28/h3-12,14,16-18,24,39-40H,2,13,15,19-20H2,1H3,(H,38,44);2-3,5-6,13,18-19,21-22H,4,7-12,14-15,34H2,1H3,(H,36,44)(H,39,47)(H,45,46)(H,49,50)(H,51,52)(H3,35,37,40,41,48). The lowest BCUT2D eigenvalue weighted by Crippen LogP contribution is -2.53. The molecule has 5 aromatic carbocycles. The molecule has 4 amide bonds. The molecule has 5 unspecified atom stereocenters. The van der Waals surface area contributed by atoms with Gasteiger partial charge in [-0.1, -0.05) is 101 Å². The van der Waals surface area contributed by atoms with E-state index >= 15 is 0 Å². The van der Waals surface area contributed by atoms with Crippen molar-refractivity contribution in [2.24, 2.45) is 17.6 Å². The molecule has 516 valence electrons. The van der Waals surface area contributed by atoms with Gasteiger partial charge >= 0.3 is 24.0 Å². The minimum Gasteiger partial charge on any atom is -0.481 e. The van der Waals surface area contributed by atoms with Crippen LogP contribution in [0.15, 0.2) is 120 Å². The number of nitrogen functional groups attached to an aromatic ring is 1. The predicted molar refractivity (Wildman–Crippen MR) is 375 cm³/mol. The highest BCUT2D eigenvalue weighted by Crippen LogP contribution is 2.46. The molecule has 4 aromatic heterocycles. The number of H-pyrrole nitrogens is 3. The lowest BCUT2D eigenvalue weighted by atomic mass is 9.93. The van der Waals surface area contributed by atoms with Gasteiger partial charge in [0, 0.05) is 102 Å². The fourth-order valence-corrected chi connectivity index (χ4v) is 13.0. The summed E-state index contributed by atoms with van der Waals surface area (Å²) in [5, 5.41) is 39.2. The molecule has 1 aliphatic heterocycles. The molecule has 30 heteroatoms. The number of alkyl halides is 1. The van der Waals surface area contributed by atoms with Gasteiger partial charge in [-0.2, -0.15) is 4.98 Å². The second kappa shape index (κ2) is 33.6. The summed E-state index contributed by atoms with van der Waals surface area (Å²) in [4.78, 5) is 160. The highest BCUT2D eigenvalue weighted by molar-refractivity contribution is 8.76. The van der Waals surface area contributed by atoms with Crippen LogP contribution in [0.5, 0.6) is 5.75 Å². The number of carboxylic acid groups (broad SMARTS) is 3. The summed E-state index contributed by atoms with van der Waals surface area (Å²) in [6.45, 7) is 2.42. The number of nitrogens with zero attached hydrogens (tertiary/aromatic N) is 4. The number of amides is 4. The summed E-state index contributed by atoms with van der Waals surface area (Å²) in [6, 6.07) is 30.3. The highest BCUT2D eigenvalue weighted by Gasteiger charge is 2.37. The number of nitrogens with two attached hydrogens (primary N) is 2. The Labute approximate surface area is 577 Å². The first-order valence-corrected chi connectivity index (χ1v) is 34.7. The van der Waals surface area contributed by atoms with Gasteiger partial charge in [-0.05, 0) is 84.3 Å². The van der Waals surface area contributed by atoms with Crippen LogP contribution in [-0.4, -0.2) is 154 Å². The Bertz CT molecular complexity index is 4590. The number of aromatic amines is 3. The number of anilines is 2. The number of carboxylic acids is 3. The van der Waals surface area contributed by atoms with E-state index in [9.17, 15) is 68.1 Å². The maximum absolute atomic E-state index is 14.1. The average molecular weight is 1410 g/mol. The van der Waals surface area contributed by atoms with Crippen molar-refractivity contribution >= 4 is 148 Å². The van der Waals surface area contributed by atoms with Gasteiger partial charge in [0.1, 0.15) is 17.5 Å². The van der Waals surface area contributed by atoms with E-state index in [1.807, 2.05) is 85.8 Å². The van der Waals surface area contributed by atoms with Crippen LogP contribution in [0.1, 0.15) is 105 Å². The normalized spacial score (nSPS) is 13.7. The number of Topliss-reactive ketones (excluding diaryl/α,β-unsaturated/α-hetero) is 3. The van der Waals surface area contributed by atoms with Gasteiger partial charge in [-0.25, -0.2) is 14.8 Å². The topological polar surface area (TPSA) is 435 Å². The molecule has 0 radical (unpaired) electrons. The Hall–Kier alpha value is -10.5. The zero-order chi connectivity index (χ0) is 71.0. The third-order valence-electron chi connectivity index (χ3n) is 16.4. The number of aryl methyl sites for hydroxylation is 2. The number of benzene rings is 5. The molecule has 5 heterocycles. The van der Waals surface area contributed by atoms with Crippen LogP contribution in [0.25, 0.3) is 43.7 Å². The number of hydrogen-bond donors (Lipinski definition) is 11. The minimum atomic E-state index is -1.56. The Morgan fingerprint density at radius 1 is 0.768 bits per heavy atom. The first-order chi connectivity index (χ1) is 47.5.